The summed E-state index contributed by atoms with van der Waals surface area (Å²) in [4.78, 5) is 0. The van der Waals surface area contributed by atoms with E-state index in [9.17, 15) is 0 Å². The molecule has 0 aliphatic rings. The molecule has 0 N–H and O–H groups in total. The maximum absolute atomic E-state index is 5.80. The molecule has 2 nitrogen and oxygen atoms in total. The Morgan fingerprint density at radius 1 is 1.00 bits per heavy atom. The van der Waals surface area contributed by atoms with Crippen LogP contribution in [0, 0.1) is 11.3 Å². The van der Waals surface area contributed by atoms with Gasteiger partial charge < -0.3 is 9.47 Å². The largest absolute Gasteiger partial charge is 0.379 e. The number of ether oxygens (including phenoxy) is 2. The molecule has 0 saturated heterocycles. The lowest BCUT2D eigenvalue weighted by atomic mass is 9.82. The molecular weight excluding hydrogens is 244 g/mol. The summed E-state index contributed by atoms with van der Waals surface area (Å²) in [6.45, 7) is 11.9. The number of thiol groups is 1. The minimum absolute atomic E-state index is 0.269. The second-order valence-electron chi connectivity index (χ2n) is 5.68. The third-order valence-electron chi connectivity index (χ3n) is 3.13. The predicted molar refractivity (Wildman–Crippen MR) is 82.6 cm³/mol. The summed E-state index contributed by atoms with van der Waals surface area (Å²) in [5, 5.41) is 0. The van der Waals surface area contributed by atoms with E-state index in [0.717, 1.165) is 19.0 Å². The Kier molecular flexibility index (Phi) is 11.3. The third kappa shape index (κ3) is 8.39. The van der Waals surface area contributed by atoms with Gasteiger partial charge in [-0.15, -0.1) is 0 Å². The molecule has 0 amide bonds. The van der Waals surface area contributed by atoms with Crippen LogP contribution in [0.5, 0.6) is 0 Å². The Morgan fingerprint density at radius 3 is 2.00 bits per heavy atom. The molecule has 110 valence electrons. The van der Waals surface area contributed by atoms with Crippen molar-refractivity contribution in [2.45, 2.75) is 53.4 Å². The van der Waals surface area contributed by atoms with E-state index in [0.29, 0.717) is 19.1 Å². The van der Waals surface area contributed by atoms with Crippen LogP contribution in [0.4, 0.5) is 0 Å². The monoisotopic (exact) mass is 276 g/mol. The van der Waals surface area contributed by atoms with E-state index in [2.05, 4.69) is 40.3 Å². The van der Waals surface area contributed by atoms with Crippen molar-refractivity contribution >= 4 is 12.6 Å². The third-order valence-corrected chi connectivity index (χ3v) is 3.80. The van der Waals surface area contributed by atoms with Crippen LogP contribution >= 0.6 is 12.6 Å². The highest BCUT2D eigenvalue weighted by Crippen LogP contribution is 2.31. The van der Waals surface area contributed by atoms with Crippen molar-refractivity contribution in [1.82, 2.24) is 0 Å². The smallest absolute Gasteiger partial charge is 0.0700 e. The van der Waals surface area contributed by atoms with Crippen LogP contribution in [-0.2, 0) is 9.47 Å². The average Bonchev–Trinajstić information content (AvgIpc) is 2.33. The van der Waals surface area contributed by atoms with Crippen molar-refractivity contribution in [1.29, 1.82) is 0 Å². The summed E-state index contributed by atoms with van der Waals surface area (Å²) >= 11 is 4.53. The molecule has 0 aromatic carbocycles. The topological polar surface area (TPSA) is 18.5 Å². The predicted octanol–water partition coefficient (Wildman–Crippen LogP) is 4.19. The van der Waals surface area contributed by atoms with E-state index < -0.39 is 0 Å². The lowest BCUT2D eigenvalue weighted by Crippen LogP contribution is -2.29. The standard InChI is InChI=1S/C15H32O2S/c1-5-7-15(13-18,8-6-2)12-17-10-9-16-11-14(3)4/h14,18H,5-13H2,1-4H3. The Bertz CT molecular complexity index is 177. The molecule has 0 heterocycles. The van der Waals surface area contributed by atoms with Gasteiger partial charge in [-0.3, -0.25) is 0 Å². The number of hydrogen-bond donors (Lipinski definition) is 1. The van der Waals surface area contributed by atoms with E-state index in [1.165, 1.54) is 25.7 Å². The molecular formula is C15H32O2S. The first-order valence-corrected chi connectivity index (χ1v) is 7.99. The van der Waals surface area contributed by atoms with Crippen molar-refractivity contribution < 1.29 is 9.47 Å². The summed E-state index contributed by atoms with van der Waals surface area (Å²) in [7, 11) is 0. The van der Waals surface area contributed by atoms with Crippen molar-refractivity contribution in [2.75, 3.05) is 32.2 Å². The van der Waals surface area contributed by atoms with Crippen LogP contribution in [-0.4, -0.2) is 32.2 Å². The average molecular weight is 276 g/mol. The molecule has 0 aromatic heterocycles. The summed E-state index contributed by atoms with van der Waals surface area (Å²) in [5.41, 5.74) is 0.269. The van der Waals surface area contributed by atoms with Crippen molar-refractivity contribution in [3.8, 4) is 0 Å². The first-order valence-electron chi connectivity index (χ1n) is 7.36. The molecule has 0 radical (unpaired) electrons. The maximum Gasteiger partial charge on any atom is 0.0700 e. The molecule has 0 spiro atoms. The Balaban J connectivity index is 3.81. The molecule has 0 aliphatic carbocycles. The highest BCUT2D eigenvalue weighted by atomic mass is 32.1. The highest BCUT2D eigenvalue weighted by molar-refractivity contribution is 7.80. The second kappa shape index (κ2) is 11.1. The van der Waals surface area contributed by atoms with Gasteiger partial charge in [0.05, 0.1) is 19.8 Å². The van der Waals surface area contributed by atoms with Crippen molar-refractivity contribution in [2.24, 2.45) is 11.3 Å². The Hall–Kier alpha value is 0.270. The fourth-order valence-electron chi connectivity index (χ4n) is 2.26. The first kappa shape index (κ1) is 18.3. The van der Waals surface area contributed by atoms with Gasteiger partial charge in [-0.05, 0) is 24.5 Å². The van der Waals surface area contributed by atoms with Crippen LogP contribution in [0.25, 0.3) is 0 Å². The molecule has 0 unspecified atom stereocenters. The number of rotatable bonds is 12. The molecule has 0 fully saturated rings. The maximum atomic E-state index is 5.80. The van der Waals surface area contributed by atoms with Gasteiger partial charge in [-0.25, -0.2) is 0 Å². The summed E-state index contributed by atoms with van der Waals surface area (Å²) < 4.78 is 11.3. The van der Waals surface area contributed by atoms with E-state index in [4.69, 9.17) is 9.47 Å². The molecule has 0 atom stereocenters. The van der Waals surface area contributed by atoms with Gasteiger partial charge in [-0.1, -0.05) is 40.5 Å². The minimum Gasteiger partial charge on any atom is -0.379 e. The zero-order chi connectivity index (χ0) is 13.9. The summed E-state index contributed by atoms with van der Waals surface area (Å²) in [5.74, 6) is 1.52. The van der Waals surface area contributed by atoms with E-state index in [1.54, 1.807) is 0 Å². The quantitative estimate of drug-likeness (QED) is 0.425. The van der Waals surface area contributed by atoms with Crippen molar-refractivity contribution in [3.63, 3.8) is 0 Å². The molecule has 0 bridgehead atoms. The molecule has 0 aromatic rings. The van der Waals surface area contributed by atoms with Crippen LogP contribution in [0.15, 0.2) is 0 Å². The zero-order valence-corrected chi connectivity index (χ0v) is 13.6. The molecule has 18 heavy (non-hydrogen) atoms. The Labute approximate surface area is 119 Å². The van der Waals surface area contributed by atoms with Crippen LogP contribution < -0.4 is 0 Å². The lowest BCUT2D eigenvalue weighted by Gasteiger charge is -2.31. The fraction of sp³-hybridized carbons (Fsp3) is 1.00. The normalized spacial score (nSPS) is 12.3. The highest BCUT2D eigenvalue weighted by Gasteiger charge is 2.26. The Morgan fingerprint density at radius 2 is 1.56 bits per heavy atom. The number of hydrogen-bond acceptors (Lipinski definition) is 3. The first-order chi connectivity index (χ1) is 8.60. The zero-order valence-electron chi connectivity index (χ0n) is 12.7. The van der Waals surface area contributed by atoms with Crippen LogP contribution in [0.3, 0.4) is 0 Å². The summed E-state index contributed by atoms with van der Waals surface area (Å²) in [6.07, 6.45) is 4.82. The van der Waals surface area contributed by atoms with Gasteiger partial charge >= 0.3 is 0 Å². The molecule has 0 rings (SSSR count). The summed E-state index contributed by atoms with van der Waals surface area (Å²) in [6, 6.07) is 0. The van der Waals surface area contributed by atoms with Gasteiger partial charge in [0.25, 0.3) is 0 Å². The second-order valence-corrected chi connectivity index (χ2v) is 6.00. The van der Waals surface area contributed by atoms with Gasteiger partial charge in [-0.2, -0.15) is 12.6 Å². The molecule has 0 aliphatic heterocycles. The van der Waals surface area contributed by atoms with Crippen molar-refractivity contribution in [3.05, 3.63) is 0 Å². The van der Waals surface area contributed by atoms with Crippen LogP contribution in [0.1, 0.15) is 53.4 Å². The van der Waals surface area contributed by atoms with Crippen LogP contribution in [0.2, 0.25) is 0 Å². The van der Waals surface area contributed by atoms with Gasteiger partial charge in [0.15, 0.2) is 0 Å². The van der Waals surface area contributed by atoms with E-state index >= 15 is 0 Å². The molecule has 3 heteroatoms. The minimum atomic E-state index is 0.269. The van der Waals surface area contributed by atoms with Gasteiger partial charge in [0, 0.05) is 12.0 Å². The van der Waals surface area contributed by atoms with E-state index in [-0.39, 0.29) is 5.41 Å². The van der Waals surface area contributed by atoms with Gasteiger partial charge in [0.1, 0.15) is 0 Å². The van der Waals surface area contributed by atoms with E-state index in [1.807, 2.05) is 0 Å². The van der Waals surface area contributed by atoms with Gasteiger partial charge in [0.2, 0.25) is 0 Å². The SMILES string of the molecule is CCCC(CS)(CCC)COCCOCC(C)C. The molecule has 0 saturated carbocycles. The fourth-order valence-corrected chi connectivity index (χ4v) is 2.67. The lowest BCUT2D eigenvalue weighted by molar-refractivity contribution is 0.000680.